The van der Waals surface area contributed by atoms with Crippen LogP contribution in [0.2, 0.25) is 0 Å². The van der Waals surface area contributed by atoms with E-state index < -0.39 is 23.2 Å². The Labute approximate surface area is 194 Å². The van der Waals surface area contributed by atoms with Crippen LogP contribution in [0.25, 0.3) is 5.69 Å². The normalized spacial score (nSPS) is 15.2. The van der Waals surface area contributed by atoms with Gasteiger partial charge in [-0.15, -0.1) is 0 Å². The number of aromatic amines is 1. The Morgan fingerprint density at radius 3 is 2.50 bits per heavy atom. The van der Waals surface area contributed by atoms with E-state index in [2.05, 4.69) is 10.1 Å². The van der Waals surface area contributed by atoms with Gasteiger partial charge in [-0.05, 0) is 25.1 Å². The average molecular weight is 464 g/mol. The number of hydrazone groups is 1. The predicted molar refractivity (Wildman–Crippen MR) is 125 cm³/mol. The molecule has 10 nitrogen and oxygen atoms in total. The zero-order valence-corrected chi connectivity index (χ0v) is 18.9. The zero-order chi connectivity index (χ0) is 24.4. The monoisotopic (exact) mass is 464 g/mol. The van der Waals surface area contributed by atoms with Crippen LogP contribution in [-0.4, -0.2) is 45.0 Å². The molecule has 0 radical (unpaired) electrons. The zero-order valence-electron chi connectivity index (χ0n) is 18.9. The summed E-state index contributed by atoms with van der Waals surface area (Å²) in [5, 5.41) is 16.7. The van der Waals surface area contributed by atoms with Crippen molar-refractivity contribution in [2.24, 2.45) is 5.10 Å². The van der Waals surface area contributed by atoms with E-state index >= 15 is 0 Å². The van der Waals surface area contributed by atoms with Crippen molar-refractivity contribution in [1.82, 2.24) is 14.6 Å². The van der Waals surface area contributed by atoms with Crippen LogP contribution in [0.15, 0.2) is 63.2 Å². The van der Waals surface area contributed by atoms with Crippen LogP contribution in [0, 0.1) is 0 Å². The molecule has 34 heavy (non-hydrogen) atoms. The van der Waals surface area contributed by atoms with Gasteiger partial charge in [-0.3, -0.25) is 14.6 Å². The highest BCUT2D eigenvalue weighted by atomic mass is 16.5. The number of nitrogens with zero attached hydrogens (tertiary/aromatic N) is 3. The topological polar surface area (TPSA) is 126 Å². The largest absolute Gasteiger partial charge is 0.495 e. The summed E-state index contributed by atoms with van der Waals surface area (Å²) < 4.78 is 12.0. The Morgan fingerprint density at radius 2 is 1.82 bits per heavy atom. The Kier molecular flexibility index (Phi) is 6.22. The third-order valence-corrected chi connectivity index (χ3v) is 5.51. The standard InChI is InChI=1S/C24H24N4O6/c1-4-34-19-11-7-5-9-15(19)18-13-16(26-28(18)14(2)29)21-22(30)25-24(32)27(23(21)31)17-10-6-8-12-20(17)33-3/h5-12,18,31H,4,13H2,1-3H3,(H,25,30,32)/t18-/m1/s1. The first-order valence-electron chi connectivity index (χ1n) is 10.7. The summed E-state index contributed by atoms with van der Waals surface area (Å²) in [4.78, 5) is 40.1. The molecule has 1 amide bonds. The molecule has 0 saturated carbocycles. The van der Waals surface area contributed by atoms with Gasteiger partial charge in [0, 0.05) is 18.9 Å². The van der Waals surface area contributed by atoms with Crippen molar-refractivity contribution in [3.8, 4) is 23.1 Å². The van der Waals surface area contributed by atoms with Gasteiger partial charge in [-0.2, -0.15) is 5.10 Å². The molecule has 0 aliphatic carbocycles. The van der Waals surface area contributed by atoms with Crippen LogP contribution in [0.5, 0.6) is 17.4 Å². The van der Waals surface area contributed by atoms with Crippen molar-refractivity contribution < 1.29 is 19.4 Å². The highest BCUT2D eigenvalue weighted by Crippen LogP contribution is 2.38. The highest BCUT2D eigenvalue weighted by molar-refractivity contribution is 6.04. The molecule has 1 aliphatic heterocycles. The molecule has 1 atom stereocenters. The van der Waals surface area contributed by atoms with Crippen molar-refractivity contribution in [1.29, 1.82) is 0 Å². The third kappa shape index (κ3) is 3.94. The van der Waals surface area contributed by atoms with E-state index in [1.54, 1.807) is 30.3 Å². The lowest BCUT2D eigenvalue weighted by Crippen LogP contribution is -2.33. The fraction of sp³-hybridized carbons (Fsp3) is 0.250. The molecule has 0 fully saturated rings. The first kappa shape index (κ1) is 22.8. The smallest absolute Gasteiger partial charge is 0.335 e. The van der Waals surface area contributed by atoms with Gasteiger partial charge in [0.25, 0.3) is 5.56 Å². The van der Waals surface area contributed by atoms with Crippen molar-refractivity contribution in [3.63, 3.8) is 0 Å². The maximum Gasteiger partial charge on any atom is 0.335 e. The molecule has 0 unspecified atom stereocenters. The average Bonchev–Trinajstić information content (AvgIpc) is 3.25. The van der Waals surface area contributed by atoms with Crippen molar-refractivity contribution in [2.75, 3.05) is 13.7 Å². The fourth-order valence-corrected chi connectivity index (χ4v) is 4.06. The quantitative estimate of drug-likeness (QED) is 0.577. The van der Waals surface area contributed by atoms with Gasteiger partial charge < -0.3 is 14.6 Å². The number of hydrogen-bond donors (Lipinski definition) is 2. The SMILES string of the molecule is CCOc1ccccc1[C@H]1CC(c2c(O)n(-c3ccccc3OC)c(=O)[nH]c2=O)=NN1C(C)=O. The molecular formula is C24H24N4O6. The fourth-order valence-electron chi connectivity index (χ4n) is 4.06. The van der Waals surface area contributed by atoms with Crippen LogP contribution < -0.4 is 20.7 Å². The van der Waals surface area contributed by atoms with Gasteiger partial charge >= 0.3 is 5.69 Å². The van der Waals surface area contributed by atoms with Gasteiger partial charge in [0.05, 0.1) is 31.2 Å². The number of rotatable bonds is 6. The Bertz CT molecular complexity index is 1390. The van der Waals surface area contributed by atoms with Crippen molar-refractivity contribution >= 4 is 11.6 Å². The predicted octanol–water partition coefficient (Wildman–Crippen LogP) is 2.34. The first-order chi connectivity index (χ1) is 16.4. The maximum atomic E-state index is 12.8. The number of ether oxygens (including phenoxy) is 2. The number of nitrogens with one attached hydrogen (secondary N) is 1. The lowest BCUT2D eigenvalue weighted by molar-refractivity contribution is -0.130. The number of methoxy groups -OCH3 is 1. The molecule has 0 saturated heterocycles. The maximum absolute atomic E-state index is 12.8. The summed E-state index contributed by atoms with van der Waals surface area (Å²) in [6.07, 6.45) is 0.129. The third-order valence-electron chi connectivity index (χ3n) is 5.51. The summed E-state index contributed by atoms with van der Waals surface area (Å²) in [6, 6.07) is 13.3. The van der Waals surface area contributed by atoms with E-state index in [-0.39, 0.29) is 29.3 Å². The molecule has 4 rings (SSSR count). The molecule has 176 valence electrons. The summed E-state index contributed by atoms with van der Waals surface area (Å²) in [6.45, 7) is 3.65. The molecule has 2 heterocycles. The molecule has 2 aromatic carbocycles. The van der Waals surface area contributed by atoms with Gasteiger partial charge in [0.15, 0.2) is 0 Å². The van der Waals surface area contributed by atoms with Crippen molar-refractivity contribution in [2.45, 2.75) is 26.3 Å². The summed E-state index contributed by atoms with van der Waals surface area (Å²) in [7, 11) is 1.43. The van der Waals surface area contributed by atoms with E-state index in [9.17, 15) is 19.5 Å². The van der Waals surface area contributed by atoms with Gasteiger partial charge in [-0.1, -0.05) is 30.3 Å². The lowest BCUT2D eigenvalue weighted by Gasteiger charge is -2.22. The molecule has 2 N–H and O–H groups in total. The number of benzene rings is 2. The number of aromatic nitrogens is 2. The molecule has 0 bridgehead atoms. The number of carbonyl (C=O) groups excluding carboxylic acids is 1. The Morgan fingerprint density at radius 1 is 1.15 bits per heavy atom. The van der Waals surface area contributed by atoms with E-state index in [0.29, 0.717) is 23.7 Å². The van der Waals surface area contributed by atoms with Gasteiger partial charge in [0.1, 0.15) is 17.1 Å². The van der Waals surface area contributed by atoms with Crippen molar-refractivity contribution in [3.05, 3.63) is 80.5 Å². The summed E-state index contributed by atoms with van der Waals surface area (Å²) in [5.74, 6) is -0.0329. The van der Waals surface area contributed by atoms with Crippen LogP contribution in [-0.2, 0) is 4.79 Å². The number of para-hydroxylation sites is 3. The molecule has 10 heteroatoms. The molecule has 3 aromatic rings. The number of hydrogen-bond acceptors (Lipinski definition) is 7. The second kappa shape index (κ2) is 9.26. The Balaban J connectivity index is 1.86. The number of amides is 1. The molecule has 1 aliphatic rings. The molecular weight excluding hydrogens is 440 g/mol. The second-order valence-corrected chi connectivity index (χ2v) is 7.57. The number of carbonyl (C=O) groups is 1. The van der Waals surface area contributed by atoms with Crippen LogP contribution >= 0.6 is 0 Å². The van der Waals surface area contributed by atoms with E-state index in [0.717, 1.165) is 4.57 Å². The molecule has 0 spiro atoms. The van der Waals surface area contributed by atoms with Gasteiger partial charge in [0.2, 0.25) is 11.8 Å². The lowest BCUT2D eigenvalue weighted by atomic mass is 9.98. The summed E-state index contributed by atoms with van der Waals surface area (Å²) >= 11 is 0. The van der Waals surface area contributed by atoms with Crippen LogP contribution in [0.1, 0.15) is 37.4 Å². The van der Waals surface area contributed by atoms with E-state index in [4.69, 9.17) is 9.47 Å². The number of H-pyrrole nitrogens is 1. The summed E-state index contributed by atoms with van der Waals surface area (Å²) in [5.41, 5.74) is -0.731. The second-order valence-electron chi connectivity index (χ2n) is 7.57. The van der Waals surface area contributed by atoms with Gasteiger partial charge in [-0.25, -0.2) is 14.4 Å². The van der Waals surface area contributed by atoms with E-state index in [1.165, 1.54) is 19.0 Å². The van der Waals surface area contributed by atoms with Crippen LogP contribution in [0.4, 0.5) is 0 Å². The first-order valence-corrected chi connectivity index (χ1v) is 10.7. The minimum atomic E-state index is -0.837. The van der Waals surface area contributed by atoms with Crippen LogP contribution in [0.3, 0.4) is 0 Å². The molecule has 1 aromatic heterocycles. The highest BCUT2D eigenvalue weighted by Gasteiger charge is 2.36. The minimum absolute atomic E-state index is 0.129. The van der Waals surface area contributed by atoms with E-state index in [1.807, 2.05) is 25.1 Å². The minimum Gasteiger partial charge on any atom is -0.495 e. The Hall–Kier alpha value is -4.34. The number of aromatic hydroxyl groups is 1.